The summed E-state index contributed by atoms with van der Waals surface area (Å²) in [5.74, 6) is -0.821. The van der Waals surface area contributed by atoms with Gasteiger partial charge < -0.3 is 9.47 Å². The normalized spacial score (nSPS) is 12.9. The van der Waals surface area contributed by atoms with Gasteiger partial charge in [-0.05, 0) is 25.0 Å². The molecule has 0 fully saturated rings. The number of carbonyl (C=O) groups is 2. The molecular weight excluding hydrogens is 318 g/mol. The Kier molecular flexibility index (Phi) is 7.16. The van der Waals surface area contributed by atoms with Crippen LogP contribution in [0.1, 0.15) is 25.0 Å². The molecule has 0 spiro atoms. The molecule has 5 nitrogen and oxygen atoms in total. The molecule has 0 saturated carbocycles. The minimum atomic E-state index is -0.608. The van der Waals surface area contributed by atoms with E-state index >= 15 is 0 Å². The van der Waals surface area contributed by atoms with Crippen molar-refractivity contribution in [3.63, 3.8) is 0 Å². The van der Waals surface area contributed by atoms with E-state index in [9.17, 15) is 9.59 Å². The zero-order valence-electron chi connectivity index (χ0n) is 14.5. The van der Waals surface area contributed by atoms with Crippen molar-refractivity contribution in [3.8, 4) is 0 Å². The highest BCUT2D eigenvalue weighted by Crippen LogP contribution is 2.04. The van der Waals surface area contributed by atoms with Gasteiger partial charge in [-0.25, -0.2) is 0 Å². The lowest BCUT2D eigenvalue weighted by molar-refractivity contribution is -0.150. The standard InChI is InChI=1S/C20H23NO4/c1-15(19(22)24-13-17-9-5-3-6-10-17)21-16(2)20(23)25-14-18-11-7-4-8-12-18/h3-12,15-16,21H,13-14H2,1-2H3. The first kappa shape index (κ1) is 18.7. The van der Waals surface area contributed by atoms with Crippen LogP contribution in [0.2, 0.25) is 0 Å². The van der Waals surface area contributed by atoms with Crippen molar-refractivity contribution < 1.29 is 19.1 Å². The third kappa shape index (κ3) is 6.39. The fourth-order valence-corrected chi connectivity index (χ4v) is 2.22. The topological polar surface area (TPSA) is 64.6 Å². The summed E-state index contributed by atoms with van der Waals surface area (Å²) in [5.41, 5.74) is 1.83. The molecule has 25 heavy (non-hydrogen) atoms. The number of hydrogen-bond donors (Lipinski definition) is 1. The number of hydrogen-bond acceptors (Lipinski definition) is 5. The summed E-state index contributed by atoms with van der Waals surface area (Å²) in [4.78, 5) is 24.0. The van der Waals surface area contributed by atoms with Crippen LogP contribution in [0.15, 0.2) is 60.7 Å². The largest absolute Gasteiger partial charge is 0.460 e. The summed E-state index contributed by atoms with van der Waals surface area (Å²) in [6.07, 6.45) is 0. The quantitative estimate of drug-likeness (QED) is 0.748. The molecule has 2 rings (SSSR count). The number of ether oxygens (including phenoxy) is 2. The van der Waals surface area contributed by atoms with Gasteiger partial charge in [0.2, 0.25) is 0 Å². The first-order chi connectivity index (χ1) is 12.1. The van der Waals surface area contributed by atoms with E-state index in [4.69, 9.17) is 9.47 Å². The summed E-state index contributed by atoms with van der Waals surface area (Å²) >= 11 is 0. The molecule has 0 bridgehead atoms. The van der Waals surface area contributed by atoms with Gasteiger partial charge in [-0.2, -0.15) is 0 Å². The molecule has 0 saturated heterocycles. The Morgan fingerprint density at radius 3 is 1.48 bits per heavy atom. The Hall–Kier alpha value is -2.66. The van der Waals surface area contributed by atoms with Gasteiger partial charge in [0.15, 0.2) is 0 Å². The SMILES string of the molecule is CC(NC(C)C(=O)OCc1ccccc1)C(=O)OCc1ccccc1. The maximum absolute atomic E-state index is 12.0. The summed E-state index contributed by atoms with van der Waals surface area (Å²) in [6.45, 7) is 3.74. The van der Waals surface area contributed by atoms with Gasteiger partial charge in [-0.15, -0.1) is 0 Å². The van der Waals surface area contributed by atoms with E-state index in [1.54, 1.807) is 13.8 Å². The predicted molar refractivity (Wildman–Crippen MR) is 94.5 cm³/mol. The van der Waals surface area contributed by atoms with Crippen LogP contribution in [-0.2, 0) is 32.3 Å². The monoisotopic (exact) mass is 341 g/mol. The minimum absolute atomic E-state index is 0.207. The Morgan fingerprint density at radius 2 is 1.12 bits per heavy atom. The van der Waals surface area contributed by atoms with Crippen LogP contribution in [0, 0.1) is 0 Å². The fourth-order valence-electron chi connectivity index (χ4n) is 2.22. The average molecular weight is 341 g/mol. The molecule has 5 heteroatoms. The highest BCUT2D eigenvalue weighted by molar-refractivity contribution is 5.79. The predicted octanol–water partition coefficient (Wildman–Crippen LogP) is 2.84. The van der Waals surface area contributed by atoms with E-state index in [1.807, 2.05) is 60.7 Å². The van der Waals surface area contributed by atoms with Crippen molar-refractivity contribution in [3.05, 3.63) is 71.8 Å². The van der Waals surface area contributed by atoms with Crippen molar-refractivity contribution >= 4 is 11.9 Å². The van der Waals surface area contributed by atoms with Crippen molar-refractivity contribution in [1.29, 1.82) is 0 Å². The zero-order valence-corrected chi connectivity index (χ0v) is 14.5. The lowest BCUT2D eigenvalue weighted by atomic mass is 10.2. The van der Waals surface area contributed by atoms with Gasteiger partial charge in [0, 0.05) is 0 Å². The van der Waals surface area contributed by atoms with Gasteiger partial charge in [-0.1, -0.05) is 60.7 Å². The molecule has 2 atom stereocenters. The van der Waals surface area contributed by atoms with Gasteiger partial charge in [0.05, 0.1) is 0 Å². The lowest BCUT2D eigenvalue weighted by Crippen LogP contribution is -2.45. The van der Waals surface area contributed by atoms with E-state index < -0.39 is 24.0 Å². The van der Waals surface area contributed by atoms with E-state index in [0.29, 0.717) is 0 Å². The number of rotatable bonds is 8. The van der Waals surface area contributed by atoms with Crippen molar-refractivity contribution in [2.45, 2.75) is 39.1 Å². The molecule has 0 aliphatic carbocycles. The molecular formula is C20H23NO4. The van der Waals surface area contributed by atoms with Crippen LogP contribution in [0.25, 0.3) is 0 Å². The number of carbonyl (C=O) groups excluding carboxylic acids is 2. The van der Waals surface area contributed by atoms with Crippen LogP contribution >= 0.6 is 0 Å². The fraction of sp³-hybridized carbons (Fsp3) is 0.300. The zero-order chi connectivity index (χ0) is 18.1. The third-order valence-electron chi connectivity index (χ3n) is 3.65. The second-order valence-corrected chi connectivity index (χ2v) is 5.80. The molecule has 2 aromatic rings. The molecule has 0 amide bonds. The molecule has 0 heterocycles. The lowest BCUT2D eigenvalue weighted by Gasteiger charge is -2.18. The van der Waals surface area contributed by atoms with Crippen LogP contribution in [0.4, 0.5) is 0 Å². The van der Waals surface area contributed by atoms with Crippen LogP contribution in [-0.4, -0.2) is 24.0 Å². The van der Waals surface area contributed by atoms with Crippen LogP contribution in [0.5, 0.6) is 0 Å². The van der Waals surface area contributed by atoms with Crippen molar-refractivity contribution in [2.75, 3.05) is 0 Å². The summed E-state index contributed by atoms with van der Waals surface area (Å²) < 4.78 is 10.5. The third-order valence-corrected chi connectivity index (χ3v) is 3.65. The molecule has 0 aromatic heterocycles. The summed E-state index contributed by atoms with van der Waals surface area (Å²) in [5, 5.41) is 2.90. The summed E-state index contributed by atoms with van der Waals surface area (Å²) in [6, 6.07) is 17.7. The molecule has 1 N–H and O–H groups in total. The van der Waals surface area contributed by atoms with Gasteiger partial charge in [-0.3, -0.25) is 14.9 Å². The van der Waals surface area contributed by atoms with E-state index in [2.05, 4.69) is 5.32 Å². The summed E-state index contributed by atoms with van der Waals surface area (Å²) in [7, 11) is 0. The Balaban J connectivity index is 1.73. The molecule has 132 valence electrons. The minimum Gasteiger partial charge on any atom is -0.460 e. The smallest absolute Gasteiger partial charge is 0.323 e. The maximum atomic E-state index is 12.0. The Bertz CT molecular complexity index is 613. The Labute approximate surface area is 148 Å². The first-order valence-electron chi connectivity index (χ1n) is 8.23. The van der Waals surface area contributed by atoms with Crippen molar-refractivity contribution in [2.24, 2.45) is 0 Å². The van der Waals surface area contributed by atoms with E-state index in [0.717, 1.165) is 11.1 Å². The van der Waals surface area contributed by atoms with Crippen LogP contribution < -0.4 is 5.32 Å². The molecule has 0 aliphatic rings. The number of benzene rings is 2. The molecule has 0 radical (unpaired) electrons. The average Bonchev–Trinajstić information content (AvgIpc) is 2.65. The maximum Gasteiger partial charge on any atom is 0.323 e. The molecule has 2 unspecified atom stereocenters. The van der Waals surface area contributed by atoms with Gasteiger partial charge >= 0.3 is 11.9 Å². The van der Waals surface area contributed by atoms with Gasteiger partial charge in [0.25, 0.3) is 0 Å². The van der Waals surface area contributed by atoms with Gasteiger partial charge in [0.1, 0.15) is 25.3 Å². The highest BCUT2D eigenvalue weighted by Gasteiger charge is 2.22. The van der Waals surface area contributed by atoms with Crippen LogP contribution in [0.3, 0.4) is 0 Å². The second kappa shape index (κ2) is 9.59. The van der Waals surface area contributed by atoms with E-state index in [-0.39, 0.29) is 13.2 Å². The molecule has 2 aromatic carbocycles. The van der Waals surface area contributed by atoms with Crippen molar-refractivity contribution in [1.82, 2.24) is 5.32 Å². The second-order valence-electron chi connectivity index (χ2n) is 5.80. The number of esters is 2. The van der Waals surface area contributed by atoms with E-state index in [1.165, 1.54) is 0 Å². The first-order valence-corrected chi connectivity index (χ1v) is 8.23. The highest BCUT2D eigenvalue weighted by atomic mass is 16.5. The Morgan fingerprint density at radius 1 is 0.760 bits per heavy atom. The number of nitrogens with one attached hydrogen (secondary N) is 1. The molecule has 0 aliphatic heterocycles.